The Bertz CT molecular complexity index is 467. The minimum absolute atomic E-state index is 0.312. The van der Waals surface area contributed by atoms with Gasteiger partial charge in [0.15, 0.2) is 0 Å². The van der Waals surface area contributed by atoms with Gasteiger partial charge in [-0.1, -0.05) is 19.3 Å². The molecule has 0 atom stereocenters. The lowest BCUT2D eigenvalue weighted by atomic mass is 9.87. The molecule has 2 saturated heterocycles. The normalized spacial score (nSPS) is 20.2. The van der Waals surface area contributed by atoms with Crippen LogP contribution in [0.3, 0.4) is 0 Å². The van der Waals surface area contributed by atoms with Gasteiger partial charge in [-0.05, 0) is 90.0 Å². The maximum absolute atomic E-state index is 11.9. The minimum atomic E-state index is 0.312. The summed E-state index contributed by atoms with van der Waals surface area (Å²) in [6, 6.07) is 0. The Hall–Kier alpha value is -0.780. The molecule has 2 fully saturated rings. The smallest absolute Gasteiger partial charge is 0.134 e. The molecule has 0 radical (unpaired) electrons. The molecule has 0 aromatic carbocycles. The fourth-order valence-corrected chi connectivity index (χ4v) is 4.88. The first-order chi connectivity index (χ1) is 14.1. The molecule has 0 unspecified atom stereocenters. The Kier molecular flexibility index (Phi) is 12.0. The van der Waals surface area contributed by atoms with E-state index in [1.54, 1.807) is 6.92 Å². The van der Waals surface area contributed by atoms with E-state index in [-0.39, 0.29) is 0 Å². The van der Waals surface area contributed by atoms with Crippen LogP contribution in [0, 0.1) is 11.8 Å². The highest BCUT2D eigenvalue weighted by molar-refractivity contribution is 5.78. The van der Waals surface area contributed by atoms with E-state index in [0.29, 0.717) is 31.0 Å². The van der Waals surface area contributed by atoms with Crippen LogP contribution in [0.1, 0.15) is 84.0 Å². The zero-order chi connectivity index (χ0) is 20.9. The zero-order valence-corrected chi connectivity index (χ0v) is 18.9. The number of ketones is 2. The van der Waals surface area contributed by atoms with Crippen LogP contribution in [0.4, 0.5) is 0 Å². The van der Waals surface area contributed by atoms with Crippen LogP contribution in [0.2, 0.25) is 0 Å². The summed E-state index contributed by atoms with van der Waals surface area (Å²) in [5, 5.41) is 0. The Balaban J connectivity index is 1.47. The number of hydrogen-bond donors (Lipinski definition) is 1. The van der Waals surface area contributed by atoms with Crippen LogP contribution >= 0.6 is 0 Å². The maximum Gasteiger partial charge on any atom is 0.134 e. The summed E-state index contributed by atoms with van der Waals surface area (Å²) >= 11 is 0. The van der Waals surface area contributed by atoms with Crippen LogP contribution in [0.25, 0.3) is 0 Å². The van der Waals surface area contributed by atoms with Crippen LogP contribution in [0.15, 0.2) is 0 Å². The number of hydrogen-bond acceptors (Lipinski definition) is 5. The molecule has 0 aromatic rings. The Morgan fingerprint density at radius 2 is 1.28 bits per heavy atom. The summed E-state index contributed by atoms with van der Waals surface area (Å²) in [7, 11) is 0. The second kappa shape index (κ2) is 14.3. The number of Topliss-reactive ketones (excluding diaryl/α,β-unsaturated/α-hetero) is 2. The number of rotatable bonds is 14. The molecule has 2 rings (SSSR count). The number of piperidine rings is 2. The van der Waals surface area contributed by atoms with Crippen LogP contribution in [0.5, 0.6) is 0 Å². The van der Waals surface area contributed by atoms with Crippen molar-refractivity contribution < 1.29 is 9.59 Å². The molecule has 0 aromatic heterocycles. The third-order valence-corrected chi connectivity index (χ3v) is 7.04. The van der Waals surface area contributed by atoms with Crippen molar-refractivity contribution in [1.29, 1.82) is 0 Å². The number of likely N-dealkylation sites (tertiary alicyclic amines) is 2. The molecule has 0 saturated carbocycles. The van der Waals surface area contributed by atoms with Gasteiger partial charge in [-0.25, -0.2) is 0 Å². The third-order valence-electron chi connectivity index (χ3n) is 7.04. The van der Waals surface area contributed by atoms with Crippen molar-refractivity contribution in [3.8, 4) is 0 Å². The topological polar surface area (TPSA) is 66.6 Å². The van der Waals surface area contributed by atoms with Crippen molar-refractivity contribution in [2.24, 2.45) is 17.6 Å². The highest BCUT2D eigenvalue weighted by Gasteiger charge is 2.22. The van der Waals surface area contributed by atoms with Gasteiger partial charge in [-0.2, -0.15) is 0 Å². The second-order valence-electron chi connectivity index (χ2n) is 9.49. The SMILES string of the molecule is CC(=O)CCN1CCC(CCCC2CCN(CCC(=O)CCCCN)CC2)CC1. The Labute approximate surface area is 178 Å². The van der Waals surface area contributed by atoms with Gasteiger partial charge in [0.05, 0.1) is 0 Å². The number of carbonyl (C=O) groups excluding carboxylic acids is 2. The van der Waals surface area contributed by atoms with E-state index in [0.717, 1.165) is 44.2 Å². The van der Waals surface area contributed by atoms with Gasteiger partial charge >= 0.3 is 0 Å². The van der Waals surface area contributed by atoms with Crippen molar-refractivity contribution in [1.82, 2.24) is 9.80 Å². The molecule has 168 valence electrons. The summed E-state index contributed by atoms with van der Waals surface area (Å²) in [6.45, 7) is 9.02. The lowest BCUT2D eigenvalue weighted by Crippen LogP contribution is -2.35. The molecule has 2 aliphatic heterocycles. The van der Waals surface area contributed by atoms with E-state index < -0.39 is 0 Å². The first-order valence-corrected chi connectivity index (χ1v) is 12.2. The molecule has 0 aliphatic carbocycles. The monoisotopic (exact) mass is 407 g/mol. The minimum Gasteiger partial charge on any atom is -0.330 e. The molecule has 2 aliphatic rings. The van der Waals surface area contributed by atoms with Gasteiger partial charge in [-0.15, -0.1) is 0 Å². The van der Waals surface area contributed by atoms with E-state index in [9.17, 15) is 9.59 Å². The molecular weight excluding hydrogens is 362 g/mol. The van der Waals surface area contributed by atoms with E-state index in [1.807, 2.05) is 0 Å². The summed E-state index contributed by atoms with van der Waals surface area (Å²) in [5.41, 5.74) is 5.49. The lowest BCUT2D eigenvalue weighted by Gasteiger charge is -2.33. The second-order valence-corrected chi connectivity index (χ2v) is 9.49. The summed E-state index contributed by atoms with van der Waals surface area (Å²) < 4.78 is 0. The fourth-order valence-electron chi connectivity index (χ4n) is 4.88. The van der Waals surface area contributed by atoms with Crippen LogP contribution in [-0.4, -0.2) is 67.2 Å². The number of nitrogens with two attached hydrogens (primary N) is 1. The van der Waals surface area contributed by atoms with Gasteiger partial charge in [0, 0.05) is 32.4 Å². The van der Waals surface area contributed by atoms with E-state index in [1.165, 1.54) is 71.1 Å². The summed E-state index contributed by atoms with van der Waals surface area (Å²) in [5.74, 6) is 2.51. The first-order valence-electron chi connectivity index (χ1n) is 12.2. The van der Waals surface area contributed by atoms with E-state index in [4.69, 9.17) is 5.73 Å². The Morgan fingerprint density at radius 1 is 0.759 bits per heavy atom. The summed E-state index contributed by atoms with van der Waals surface area (Å²) in [6.07, 6.45) is 13.5. The fraction of sp³-hybridized carbons (Fsp3) is 0.917. The predicted molar refractivity (Wildman–Crippen MR) is 120 cm³/mol. The molecule has 0 amide bonds. The zero-order valence-electron chi connectivity index (χ0n) is 18.9. The largest absolute Gasteiger partial charge is 0.330 e. The third kappa shape index (κ3) is 10.7. The average Bonchev–Trinajstić information content (AvgIpc) is 2.73. The summed E-state index contributed by atoms with van der Waals surface area (Å²) in [4.78, 5) is 28.0. The van der Waals surface area contributed by atoms with Gasteiger partial charge in [0.1, 0.15) is 11.6 Å². The quantitative estimate of drug-likeness (QED) is 0.445. The van der Waals surface area contributed by atoms with Crippen molar-refractivity contribution >= 4 is 11.6 Å². The standard InChI is InChI=1S/C24H45N3O2/c1-21(28)8-15-26-16-9-22(10-17-26)5-4-6-23-11-18-27(19-12-23)20-13-24(29)7-2-3-14-25/h22-23H,2-20,25H2,1H3. The van der Waals surface area contributed by atoms with Gasteiger partial charge in [0.2, 0.25) is 0 Å². The predicted octanol–water partition coefficient (Wildman–Crippen LogP) is 3.65. The molecule has 5 nitrogen and oxygen atoms in total. The molecule has 0 spiro atoms. The average molecular weight is 408 g/mol. The van der Waals surface area contributed by atoms with E-state index >= 15 is 0 Å². The van der Waals surface area contributed by atoms with Crippen molar-refractivity contribution in [2.45, 2.75) is 84.0 Å². The van der Waals surface area contributed by atoms with Crippen LogP contribution in [-0.2, 0) is 9.59 Å². The van der Waals surface area contributed by atoms with Gasteiger partial charge < -0.3 is 15.5 Å². The molecule has 29 heavy (non-hydrogen) atoms. The highest BCUT2D eigenvalue weighted by Crippen LogP contribution is 2.27. The highest BCUT2D eigenvalue weighted by atomic mass is 16.1. The van der Waals surface area contributed by atoms with Gasteiger partial charge in [0.25, 0.3) is 0 Å². The molecule has 0 bridgehead atoms. The number of carbonyl (C=O) groups is 2. The van der Waals surface area contributed by atoms with Crippen molar-refractivity contribution in [3.05, 3.63) is 0 Å². The van der Waals surface area contributed by atoms with E-state index in [2.05, 4.69) is 9.80 Å². The van der Waals surface area contributed by atoms with Crippen molar-refractivity contribution in [3.63, 3.8) is 0 Å². The molecular formula is C24H45N3O2. The number of nitrogens with zero attached hydrogens (tertiary/aromatic N) is 2. The lowest BCUT2D eigenvalue weighted by molar-refractivity contribution is -0.119. The molecule has 5 heteroatoms. The maximum atomic E-state index is 11.9. The van der Waals surface area contributed by atoms with Gasteiger partial charge in [-0.3, -0.25) is 9.59 Å². The van der Waals surface area contributed by atoms with Crippen molar-refractivity contribution in [2.75, 3.05) is 45.8 Å². The molecule has 2 N–H and O–H groups in total. The molecule has 2 heterocycles. The Morgan fingerprint density at radius 3 is 1.76 bits per heavy atom. The first kappa shape index (κ1) is 24.5. The van der Waals surface area contributed by atoms with Crippen LogP contribution < -0.4 is 5.73 Å². The number of unbranched alkanes of at least 4 members (excludes halogenated alkanes) is 1.